The van der Waals surface area contributed by atoms with Crippen LogP contribution in [0.5, 0.6) is 17.2 Å². The largest absolute Gasteiger partial charge is 0.493 e. The molecule has 0 fully saturated rings. The van der Waals surface area contributed by atoms with Crippen molar-refractivity contribution in [3.05, 3.63) is 39.6 Å². The molecular weight excluding hydrogens is 274 g/mol. The van der Waals surface area contributed by atoms with Gasteiger partial charge in [0.2, 0.25) is 5.75 Å². The molecule has 0 aliphatic rings. The summed E-state index contributed by atoms with van der Waals surface area (Å²) < 4.78 is 16.1. The number of thiophene rings is 1. The predicted molar refractivity (Wildman–Crippen MR) is 81.2 cm³/mol. The summed E-state index contributed by atoms with van der Waals surface area (Å²) in [5, 5.41) is 2.07. The van der Waals surface area contributed by atoms with Crippen LogP contribution in [0.2, 0.25) is 0 Å². The van der Waals surface area contributed by atoms with Gasteiger partial charge in [0, 0.05) is 10.4 Å². The van der Waals surface area contributed by atoms with Gasteiger partial charge in [-0.05, 0) is 36.1 Å². The molecule has 20 heavy (non-hydrogen) atoms. The number of aryl methyl sites for hydroxylation is 1. The molecular formula is C15H19NO3S. The molecule has 2 N–H and O–H groups in total. The zero-order valence-electron chi connectivity index (χ0n) is 12.1. The molecule has 0 aliphatic carbocycles. The van der Waals surface area contributed by atoms with Crippen LogP contribution in [0, 0.1) is 6.92 Å². The molecule has 0 bridgehead atoms. The monoisotopic (exact) mass is 293 g/mol. The number of ether oxygens (including phenoxy) is 3. The molecule has 108 valence electrons. The summed E-state index contributed by atoms with van der Waals surface area (Å²) in [6, 6.07) is 5.59. The van der Waals surface area contributed by atoms with Gasteiger partial charge in [0.05, 0.1) is 27.4 Å². The first-order valence-corrected chi connectivity index (χ1v) is 7.09. The lowest BCUT2D eigenvalue weighted by molar-refractivity contribution is 0.321. The van der Waals surface area contributed by atoms with E-state index in [9.17, 15) is 0 Å². The van der Waals surface area contributed by atoms with Crippen molar-refractivity contribution in [3.63, 3.8) is 0 Å². The van der Waals surface area contributed by atoms with Gasteiger partial charge in [-0.3, -0.25) is 0 Å². The first-order valence-electron chi connectivity index (χ1n) is 6.21. The Morgan fingerprint density at radius 2 is 1.75 bits per heavy atom. The lowest BCUT2D eigenvalue weighted by Crippen LogP contribution is -2.13. The summed E-state index contributed by atoms with van der Waals surface area (Å²) >= 11 is 1.68. The topological polar surface area (TPSA) is 53.7 Å². The minimum absolute atomic E-state index is 0.255. The highest BCUT2D eigenvalue weighted by Crippen LogP contribution is 2.43. The summed E-state index contributed by atoms with van der Waals surface area (Å²) in [6.07, 6.45) is 0. The van der Waals surface area contributed by atoms with Crippen LogP contribution < -0.4 is 19.9 Å². The molecule has 0 spiro atoms. The molecule has 0 aliphatic heterocycles. The fourth-order valence-corrected chi connectivity index (χ4v) is 2.92. The minimum Gasteiger partial charge on any atom is -0.493 e. The van der Waals surface area contributed by atoms with Gasteiger partial charge in [0.25, 0.3) is 0 Å². The van der Waals surface area contributed by atoms with Crippen LogP contribution in [0.4, 0.5) is 0 Å². The highest BCUT2D eigenvalue weighted by atomic mass is 32.1. The van der Waals surface area contributed by atoms with Gasteiger partial charge in [-0.15, -0.1) is 11.3 Å². The van der Waals surface area contributed by atoms with E-state index in [4.69, 9.17) is 19.9 Å². The number of methoxy groups -OCH3 is 3. The lowest BCUT2D eigenvalue weighted by Gasteiger charge is -2.19. The predicted octanol–water partition coefficient (Wildman–Crippen LogP) is 3.13. The van der Waals surface area contributed by atoms with Crippen LogP contribution in [0.3, 0.4) is 0 Å². The van der Waals surface area contributed by atoms with Crippen molar-refractivity contribution >= 4 is 11.3 Å². The molecule has 1 aromatic heterocycles. The second kappa shape index (κ2) is 6.15. The summed E-state index contributed by atoms with van der Waals surface area (Å²) in [4.78, 5) is 1.23. The van der Waals surface area contributed by atoms with E-state index in [-0.39, 0.29) is 6.04 Å². The van der Waals surface area contributed by atoms with Crippen molar-refractivity contribution in [2.75, 3.05) is 21.3 Å². The maximum absolute atomic E-state index is 6.35. The minimum atomic E-state index is -0.255. The van der Waals surface area contributed by atoms with Crippen LogP contribution in [0.25, 0.3) is 0 Å². The Morgan fingerprint density at radius 3 is 2.25 bits per heavy atom. The van der Waals surface area contributed by atoms with Crippen molar-refractivity contribution in [1.29, 1.82) is 0 Å². The Balaban J connectivity index is 2.51. The second-order valence-electron chi connectivity index (χ2n) is 4.39. The summed E-state index contributed by atoms with van der Waals surface area (Å²) in [6.45, 7) is 2.06. The summed E-state index contributed by atoms with van der Waals surface area (Å²) in [5.74, 6) is 1.81. The number of benzene rings is 1. The van der Waals surface area contributed by atoms with E-state index in [1.807, 2.05) is 12.1 Å². The van der Waals surface area contributed by atoms with Crippen molar-refractivity contribution in [2.45, 2.75) is 13.0 Å². The summed E-state index contributed by atoms with van der Waals surface area (Å²) in [5.41, 5.74) is 8.30. The number of nitrogens with two attached hydrogens (primary N) is 1. The molecule has 0 amide bonds. The van der Waals surface area contributed by atoms with Gasteiger partial charge in [0.1, 0.15) is 0 Å². The third-order valence-corrected chi connectivity index (χ3v) is 4.06. The van der Waals surface area contributed by atoms with E-state index >= 15 is 0 Å². The number of hydrogen-bond acceptors (Lipinski definition) is 5. The van der Waals surface area contributed by atoms with E-state index < -0.39 is 0 Å². The normalized spacial score (nSPS) is 12.1. The number of hydrogen-bond donors (Lipinski definition) is 1. The Hall–Kier alpha value is -1.72. The molecule has 1 aromatic carbocycles. The van der Waals surface area contributed by atoms with Crippen molar-refractivity contribution < 1.29 is 14.2 Å². The molecule has 4 nitrogen and oxygen atoms in total. The van der Waals surface area contributed by atoms with Gasteiger partial charge in [-0.25, -0.2) is 0 Å². The Labute approximate surface area is 123 Å². The highest BCUT2D eigenvalue weighted by molar-refractivity contribution is 7.10. The molecule has 0 saturated heterocycles. The molecule has 2 aromatic rings. The highest BCUT2D eigenvalue weighted by Gasteiger charge is 2.21. The van der Waals surface area contributed by atoms with Crippen LogP contribution in [-0.4, -0.2) is 21.3 Å². The van der Waals surface area contributed by atoms with Crippen molar-refractivity contribution in [2.24, 2.45) is 5.73 Å². The SMILES string of the molecule is COc1ccc(C(N)c2csc(C)c2)c(OC)c1OC. The molecule has 1 heterocycles. The zero-order valence-corrected chi connectivity index (χ0v) is 12.9. The fourth-order valence-electron chi connectivity index (χ4n) is 2.18. The second-order valence-corrected chi connectivity index (χ2v) is 5.51. The van der Waals surface area contributed by atoms with Gasteiger partial charge >= 0.3 is 0 Å². The Kier molecular flexibility index (Phi) is 4.52. The van der Waals surface area contributed by atoms with Gasteiger partial charge in [-0.2, -0.15) is 0 Å². The Bertz CT molecular complexity index is 595. The quantitative estimate of drug-likeness (QED) is 0.920. The average Bonchev–Trinajstić information content (AvgIpc) is 2.91. The van der Waals surface area contributed by atoms with Crippen molar-refractivity contribution in [1.82, 2.24) is 0 Å². The van der Waals surface area contributed by atoms with E-state index in [1.165, 1.54) is 4.88 Å². The van der Waals surface area contributed by atoms with Crippen LogP contribution in [0.1, 0.15) is 22.0 Å². The van der Waals surface area contributed by atoms with Crippen LogP contribution >= 0.6 is 11.3 Å². The summed E-state index contributed by atoms with van der Waals surface area (Å²) in [7, 11) is 4.79. The molecule has 1 atom stereocenters. The van der Waals surface area contributed by atoms with E-state index in [0.717, 1.165) is 11.1 Å². The standard InChI is InChI=1S/C15H19NO3S/c1-9-7-10(8-20-9)13(16)11-5-6-12(17-2)15(19-4)14(11)18-3/h5-8,13H,16H2,1-4H3. The first-order chi connectivity index (χ1) is 9.62. The third kappa shape index (κ3) is 2.59. The van der Waals surface area contributed by atoms with Gasteiger partial charge in [0.15, 0.2) is 11.5 Å². The smallest absolute Gasteiger partial charge is 0.203 e. The molecule has 0 radical (unpaired) electrons. The maximum Gasteiger partial charge on any atom is 0.203 e. The van der Waals surface area contributed by atoms with Crippen LogP contribution in [-0.2, 0) is 0 Å². The molecule has 5 heteroatoms. The van der Waals surface area contributed by atoms with E-state index in [1.54, 1.807) is 32.7 Å². The fraction of sp³-hybridized carbons (Fsp3) is 0.333. The first kappa shape index (κ1) is 14.7. The molecule has 1 unspecified atom stereocenters. The molecule has 0 saturated carbocycles. The average molecular weight is 293 g/mol. The van der Waals surface area contributed by atoms with Crippen LogP contribution in [0.15, 0.2) is 23.6 Å². The third-order valence-electron chi connectivity index (χ3n) is 3.18. The van der Waals surface area contributed by atoms with E-state index in [0.29, 0.717) is 17.2 Å². The zero-order chi connectivity index (χ0) is 14.7. The number of rotatable bonds is 5. The molecule has 2 rings (SSSR count). The lowest BCUT2D eigenvalue weighted by atomic mass is 10.00. The van der Waals surface area contributed by atoms with E-state index in [2.05, 4.69) is 18.4 Å². The Morgan fingerprint density at radius 1 is 1.05 bits per heavy atom. The van der Waals surface area contributed by atoms with Crippen molar-refractivity contribution in [3.8, 4) is 17.2 Å². The van der Waals surface area contributed by atoms with Gasteiger partial charge in [-0.1, -0.05) is 0 Å². The maximum atomic E-state index is 6.35. The van der Waals surface area contributed by atoms with Gasteiger partial charge < -0.3 is 19.9 Å².